The van der Waals surface area contributed by atoms with Crippen LogP contribution in [0.5, 0.6) is 0 Å². The molecular formula is C15H12N4. The van der Waals surface area contributed by atoms with Gasteiger partial charge < -0.3 is 0 Å². The average Bonchev–Trinajstić information content (AvgIpc) is 2.71. The van der Waals surface area contributed by atoms with Crippen molar-refractivity contribution in [3.63, 3.8) is 0 Å². The van der Waals surface area contributed by atoms with E-state index in [0.717, 1.165) is 18.4 Å². The maximum Gasteiger partial charge on any atom is 0.182 e. The van der Waals surface area contributed by atoms with Crippen LogP contribution in [-0.4, -0.2) is 0 Å². The van der Waals surface area contributed by atoms with Crippen LogP contribution in [0.2, 0.25) is 0 Å². The molecule has 0 aliphatic heterocycles. The molecule has 0 aromatic carbocycles. The Morgan fingerprint density at radius 3 is 2.32 bits per heavy atom. The van der Waals surface area contributed by atoms with E-state index < -0.39 is 10.8 Å². The standard InChI is InChI=1S/C15H12N4/c16-8-14(9-17)7-6-12-4-2-1-3-5-13(12)15(14,10-18)11-19/h2,4,6,13H,1,3,5,7H2. The van der Waals surface area contributed by atoms with E-state index in [2.05, 4.69) is 0 Å². The van der Waals surface area contributed by atoms with Crippen LogP contribution in [0.4, 0.5) is 0 Å². The van der Waals surface area contributed by atoms with Crippen LogP contribution in [0.1, 0.15) is 25.7 Å². The number of rotatable bonds is 0. The Balaban J connectivity index is 2.69. The van der Waals surface area contributed by atoms with Crippen molar-refractivity contribution in [1.29, 1.82) is 21.0 Å². The molecule has 0 saturated heterocycles. The van der Waals surface area contributed by atoms with Gasteiger partial charge in [-0.25, -0.2) is 0 Å². The Labute approximate surface area is 112 Å². The van der Waals surface area contributed by atoms with Crippen molar-refractivity contribution in [2.24, 2.45) is 16.7 Å². The number of nitrogens with zero attached hydrogens (tertiary/aromatic N) is 4. The van der Waals surface area contributed by atoms with Crippen molar-refractivity contribution >= 4 is 0 Å². The van der Waals surface area contributed by atoms with E-state index in [-0.39, 0.29) is 12.3 Å². The quantitative estimate of drug-likeness (QED) is 0.658. The Morgan fingerprint density at radius 1 is 1.05 bits per heavy atom. The minimum Gasteiger partial charge on any atom is -0.196 e. The summed E-state index contributed by atoms with van der Waals surface area (Å²) in [5.41, 5.74) is -2.22. The minimum atomic E-state index is -1.57. The molecule has 0 fully saturated rings. The highest BCUT2D eigenvalue weighted by Crippen LogP contribution is 2.54. The first-order valence-corrected chi connectivity index (χ1v) is 6.21. The van der Waals surface area contributed by atoms with Gasteiger partial charge in [-0.05, 0) is 24.8 Å². The Hall–Kier alpha value is -2.56. The van der Waals surface area contributed by atoms with E-state index in [4.69, 9.17) is 0 Å². The van der Waals surface area contributed by atoms with Crippen molar-refractivity contribution in [2.45, 2.75) is 25.7 Å². The molecule has 0 radical (unpaired) electrons. The fourth-order valence-electron chi connectivity index (χ4n) is 3.01. The second-order valence-corrected chi connectivity index (χ2v) is 4.95. The Morgan fingerprint density at radius 2 is 1.74 bits per heavy atom. The zero-order valence-corrected chi connectivity index (χ0v) is 10.4. The maximum atomic E-state index is 9.54. The molecular weight excluding hydrogens is 236 g/mol. The van der Waals surface area contributed by atoms with Crippen LogP contribution in [0, 0.1) is 62.1 Å². The van der Waals surface area contributed by atoms with Gasteiger partial charge in [0.15, 0.2) is 10.8 Å². The summed E-state index contributed by atoms with van der Waals surface area (Å²) in [6, 6.07) is 7.89. The molecule has 4 nitrogen and oxygen atoms in total. The van der Waals surface area contributed by atoms with Gasteiger partial charge in [-0.1, -0.05) is 18.2 Å². The van der Waals surface area contributed by atoms with Crippen molar-refractivity contribution in [1.82, 2.24) is 0 Å². The van der Waals surface area contributed by atoms with Crippen LogP contribution >= 0.6 is 0 Å². The van der Waals surface area contributed by atoms with Crippen molar-refractivity contribution in [3.05, 3.63) is 23.8 Å². The average molecular weight is 248 g/mol. The van der Waals surface area contributed by atoms with Crippen LogP contribution in [0.25, 0.3) is 0 Å². The first kappa shape index (κ1) is 12.9. The Bertz CT molecular complexity index is 584. The molecule has 2 aliphatic rings. The lowest BCUT2D eigenvalue weighted by Crippen LogP contribution is -2.46. The molecule has 1 atom stereocenters. The summed E-state index contributed by atoms with van der Waals surface area (Å²) < 4.78 is 0. The molecule has 0 amide bonds. The lowest BCUT2D eigenvalue weighted by Gasteiger charge is -2.40. The van der Waals surface area contributed by atoms with E-state index in [1.165, 1.54) is 0 Å². The van der Waals surface area contributed by atoms with Gasteiger partial charge >= 0.3 is 0 Å². The van der Waals surface area contributed by atoms with Crippen LogP contribution < -0.4 is 0 Å². The van der Waals surface area contributed by atoms with Gasteiger partial charge in [0.1, 0.15) is 0 Å². The van der Waals surface area contributed by atoms with Crippen LogP contribution in [0.3, 0.4) is 0 Å². The molecule has 1 unspecified atom stereocenters. The maximum absolute atomic E-state index is 9.54. The molecule has 0 aromatic heterocycles. The zero-order valence-electron chi connectivity index (χ0n) is 10.4. The van der Waals surface area contributed by atoms with Gasteiger partial charge in [0.25, 0.3) is 0 Å². The molecule has 0 spiro atoms. The summed E-state index contributed by atoms with van der Waals surface area (Å²) >= 11 is 0. The zero-order chi connectivity index (χ0) is 13.9. The van der Waals surface area contributed by atoms with Gasteiger partial charge in [0.05, 0.1) is 24.3 Å². The minimum absolute atomic E-state index is 0.136. The highest BCUT2D eigenvalue weighted by atomic mass is 14.6. The van der Waals surface area contributed by atoms with Crippen LogP contribution in [0.15, 0.2) is 23.8 Å². The summed E-state index contributed by atoms with van der Waals surface area (Å²) in [6.45, 7) is 0. The molecule has 0 saturated carbocycles. The Kier molecular flexibility index (Phi) is 3.12. The topological polar surface area (TPSA) is 95.2 Å². The second-order valence-electron chi connectivity index (χ2n) is 4.95. The largest absolute Gasteiger partial charge is 0.196 e. The first-order valence-electron chi connectivity index (χ1n) is 6.21. The lowest BCUT2D eigenvalue weighted by molar-refractivity contribution is 0.195. The number of hydrogen-bond donors (Lipinski definition) is 0. The van der Waals surface area contributed by atoms with E-state index in [0.29, 0.717) is 6.42 Å². The smallest absolute Gasteiger partial charge is 0.182 e. The molecule has 0 bridgehead atoms. The lowest BCUT2D eigenvalue weighted by atomic mass is 9.53. The number of fused-ring (bicyclic) bond motifs is 1. The van der Waals surface area contributed by atoms with Gasteiger partial charge in [-0.15, -0.1) is 0 Å². The van der Waals surface area contributed by atoms with Crippen molar-refractivity contribution < 1.29 is 0 Å². The normalized spacial score (nSPS) is 26.3. The van der Waals surface area contributed by atoms with Crippen LogP contribution in [-0.2, 0) is 0 Å². The number of nitriles is 4. The fraction of sp³-hybridized carbons (Fsp3) is 0.467. The van der Waals surface area contributed by atoms with Crippen molar-refractivity contribution in [2.75, 3.05) is 0 Å². The molecule has 0 aromatic rings. The fourth-order valence-corrected chi connectivity index (χ4v) is 3.01. The van der Waals surface area contributed by atoms with Crippen molar-refractivity contribution in [3.8, 4) is 24.3 Å². The monoisotopic (exact) mass is 248 g/mol. The molecule has 2 aliphatic carbocycles. The predicted octanol–water partition coefficient (Wildman–Crippen LogP) is 2.74. The number of allylic oxidation sites excluding steroid dienone is 4. The molecule has 19 heavy (non-hydrogen) atoms. The summed E-state index contributed by atoms with van der Waals surface area (Å²) in [5, 5.41) is 37.8. The number of hydrogen-bond acceptors (Lipinski definition) is 4. The summed E-state index contributed by atoms with van der Waals surface area (Å²) in [7, 11) is 0. The van der Waals surface area contributed by atoms with Gasteiger partial charge in [0.2, 0.25) is 0 Å². The first-order chi connectivity index (χ1) is 9.19. The van der Waals surface area contributed by atoms with Gasteiger partial charge in [-0.3, -0.25) is 0 Å². The molecule has 0 heterocycles. The summed E-state index contributed by atoms with van der Waals surface area (Å²) in [4.78, 5) is 0. The molecule has 4 heteroatoms. The third-order valence-corrected chi connectivity index (χ3v) is 4.15. The van der Waals surface area contributed by atoms with E-state index in [1.54, 1.807) is 0 Å². The highest BCUT2D eigenvalue weighted by molar-refractivity contribution is 5.45. The van der Waals surface area contributed by atoms with E-state index >= 15 is 0 Å². The summed E-state index contributed by atoms with van der Waals surface area (Å²) in [5.74, 6) is -0.353. The highest BCUT2D eigenvalue weighted by Gasteiger charge is 2.60. The van der Waals surface area contributed by atoms with Gasteiger partial charge in [-0.2, -0.15) is 21.0 Å². The molecule has 0 N–H and O–H groups in total. The third-order valence-electron chi connectivity index (χ3n) is 4.15. The third kappa shape index (κ3) is 1.55. The molecule has 92 valence electrons. The second kappa shape index (κ2) is 4.61. The predicted molar refractivity (Wildman–Crippen MR) is 66.5 cm³/mol. The van der Waals surface area contributed by atoms with Gasteiger partial charge in [0, 0.05) is 12.3 Å². The summed E-state index contributed by atoms with van der Waals surface area (Å²) in [6.07, 6.45) is 8.34. The SMILES string of the molecule is N#CC1(C#N)CC=C2C=CCCCC2C1(C#N)C#N. The van der Waals surface area contributed by atoms with E-state index in [9.17, 15) is 21.0 Å². The molecule has 2 rings (SSSR count). The van der Waals surface area contributed by atoms with E-state index in [1.807, 2.05) is 42.5 Å².